The Labute approximate surface area is 110 Å². The average Bonchev–Trinajstić information content (AvgIpc) is 2.88. The summed E-state index contributed by atoms with van der Waals surface area (Å²) in [6.07, 6.45) is 2.84. The van der Waals surface area contributed by atoms with Crippen molar-refractivity contribution in [2.75, 3.05) is 6.79 Å². The number of rotatable bonds is 4. The Balaban J connectivity index is 1.63. The number of fused-ring (bicyclic) bond motifs is 1. The molecule has 98 valence electrons. The third-order valence-electron chi connectivity index (χ3n) is 2.88. The standard InChI is InChI=1S/C14H13FN2O2/c15-12-4-10(6-17-8-12)5-16-7-11-2-1-3-13-14(11)19-9-18-13/h1-4,6,8,16H,5,7,9H2. The van der Waals surface area contributed by atoms with Crippen LogP contribution in [-0.2, 0) is 13.1 Å². The van der Waals surface area contributed by atoms with Gasteiger partial charge in [-0.25, -0.2) is 4.39 Å². The predicted octanol–water partition coefficient (Wildman–Crippen LogP) is 2.24. The second-order valence-electron chi connectivity index (χ2n) is 4.27. The molecule has 19 heavy (non-hydrogen) atoms. The molecule has 0 amide bonds. The quantitative estimate of drug-likeness (QED) is 0.915. The van der Waals surface area contributed by atoms with Crippen LogP contribution in [0.25, 0.3) is 0 Å². The van der Waals surface area contributed by atoms with Crippen LogP contribution in [0.3, 0.4) is 0 Å². The molecule has 1 aromatic heterocycles. The molecule has 3 rings (SSSR count). The Bertz CT molecular complexity index is 589. The SMILES string of the molecule is Fc1cncc(CNCc2cccc3c2OCO3)c1. The van der Waals surface area contributed by atoms with E-state index in [1.165, 1.54) is 12.3 Å². The lowest BCUT2D eigenvalue weighted by Crippen LogP contribution is -2.13. The number of halogens is 1. The highest BCUT2D eigenvalue weighted by Gasteiger charge is 2.16. The summed E-state index contributed by atoms with van der Waals surface area (Å²) >= 11 is 0. The maximum Gasteiger partial charge on any atom is 0.231 e. The van der Waals surface area contributed by atoms with Gasteiger partial charge in [-0.1, -0.05) is 12.1 Å². The summed E-state index contributed by atoms with van der Waals surface area (Å²) in [5.41, 5.74) is 1.84. The van der Waals surface area contributed by atoms with E-state index in [0.29, 0.717) is 13.1 Å². The monoisotopic (exact) mass is 260 g/mol. The number of aromatic nitrogens is 1. The summed E-state index contributed by atoms with van der Waals surface area (Å²) in [6, 6.07) is 7.25. The Kier molecular flexibility index (Phi) is 3.29. The molecule has 0 aliphatic carbocycles. The molecule has 0 radical (unpaired) electrons. The first-order valence-corrected chi connectivity index (χ1v) is 6.00. The molecule has 0 saturated carbocycles. The highest BCUT2D eigenvalue weighted by Crippen LogP contribution is 2.35. The smallest absolute Gasteiger partial charge is 0.231 e. The van der Waals surface area contributed by atoms with Crippen LogP contribution in [0.15, 0.2) is 36.7 Å². The average molecular weight is 260 g/mol. The van der Waals surface area contributed by atoms with E-state index in [9.17, 15) is 4.39 Å². The van der Waals surface area contributed by atoms with E-state index in [0.717, 1.165) is 22.6 Å². The van der Waals surface area contributed by atoms with Gasteiger partial charge in [0.1, 0.15) is 5.82 Å². The molecule has 0 bridgehead atoms. The van der Waals surface area contributed by atoms with Gasteiger partial charge in [-0.05, 0) is 17.7 Å². The molecule has 0 unspecified atom stereocenters. The van der Waals surface area contributed by atoms with E-state index in [1.807, 2.05) is 18.2 Å². The number of ether oxygens (including phenoxy) is 2. The van der Waals surface area contributed by atoms with Crippen LogP contribution in [0.2, 0.25) is 0 Å². The first-order valence-electron chi connectivity index (χ1n) is 6.00. The summed E-state index contributed by atoms with van der Waals surface area (Å²) in [5.74, 6) is 1.23. The van der Waals surface area contributed by atoms with E-state index in [4.69, 9.17) is 9.47 Å². The maximum absolute atomic E-state index is 13.0. The van der Waals surface area contributed by atoms with Crippen molar-refractivity contribution in [2.24, 2.45) is 0 Å². The summed E-state index contributed by atoms with van der Waals surface area (Å²) in [7, 11) is 0. The Morgan fingerprint density at radius 1 is 1.21 bits per heavy atom. The summed E-state index contributed by atoms with van der Waals surface area (Å²) in [4.78, 5) is 3.81. The van der Waals surface area contributed by atoms with E-state index >= 15 is 0 Å². The van der Waals surface area contributed by atoms with Gasteiger partial charge in [-0.15, -0.1) is 0 Å². The van der Waals surface area contributed by atoms with Gasteiger partial charge < -0.3 is 14.8 Å². The highest BCUT2D eigenvalue weighted by molar-refractivity contribution is 5.48. The number of benzene rings is 1. The number of nitrogens with zero attached hydrogens (tertiary/aromatic N) is 1. The van der Waals surface area contributed by atoms with Crippen molar-refractivity contribution in [3.05, 3.63) is 53.6 Å². The third-order valence-corrected chi connectivity index (χ3v) is 2.88. The van der Waals surface area contributed by atoms with Crippen LogP contribution in [0.5, 0.6) is 11.5 Å². The number of pyridine rings is 1. The number of hydrogen-bond acceptors (Lipinski definition) is 4. The van der Waals surface area contributed by atoms with Crippen molar-refractivity contribution < 1.29 is 13.9 Å². The number of hydrogen-bond donors (Lipinski definition) is 1. The molecule has 2 heterocycles. The molecule has 2 aromatic rings. The molecule has 1 aromatic carbocycles. The zero-order valence-corrected chi connectivity index (χ0v) is 10.2. The van der Waals surface area contributed by atoms with Crippen molar-refractivity contribution in [2.45, 2.75) is 13.1 Å². The van der Waals surface area contributed by atoms with Crippen LogP contribution < -0.4 is 14.8 Å². The van der Waals surface area contributed by atoms with Crippen molar-refractivity contribution in [3.8, 4) is 11.5 Å². The Morgan fingerprint density at radius 2 is 2.16 bits per heavy atom. The second kappa shape index (κ2) is 5.24. The lowest BCUT2D eigenvalue weighted by Gasteiger charge is -2.07. The van der Waals surface area contributed by atoms with Crippen LogP contribution >= 0.6 is 0 Å². The molecular formula is C14H13FN2O2. The molecular weight excluding hydrogens is 247 g/mol. The largest absolute Gasteiger partial charge is 0.454 e. The molecule has 0 saturated heterocycles. The molecule has 0 atom stereocenters. The van der Waals surface area contributed by atoms with Crippen LogP contribution in [0, 0.1) is 5.82 Å². The maximum atomic E-state index is 13.0. The van der Waals surface area contributed by atoms with Crippen molar-refractivity contribution in [1.82, 2.24) is 10.3 Å². The van der Waals surface area contributed by atoms with E-state index in [1.54, 1.807) is 6.20 Å². The first-order chi connectivity index (χ1) is 9.33. The van der Waals surface area contributed by atoms with Gasteiger partial charge in [0.2, 0.25) is 6.79 Å². The van der Waals surface area contributed by atoms with Gasteiger partial charge in [-0.3, -0.25) is 4.98 Å². The van der Waals surface area contributed by atoms with Crippen molar-refractivity contribution >= 4 is 0 Å². The summed E-state index contributed by atoms with van der Waals surface area (Å²) in [6.45, 7) is 1.44. The minimum Gasteiger partial charge on any atom is -0.454 e. The number of nitrogens with one attached hydrogen (secondary N) is 1. The fourth-order valence-corrected chi connectivity index (χ4v) is 2.02. The van der Waals surface area contributed by atoms with Crippen LogP contribution in [0.1, 0.15) is 11.1 Å². The molecule has 5 heteroatoms. The normalized spacial score (nSPS) is 12.7. The fraction of sp³-hybridized carbons (Fsp3) is 0.214. The van der Waals surface area contributed by atoms with Gasteiger partial charge >= 0.3 is 0 Å². The van der Waals surface area contributed by atoms with E-state index < -0.39 is 0 Å². The molecule has 1 aliphatic rings. The Morgan fingerprint density at radius 3 is 3.05 bits per heavy atom. The lowest BCUT2D eigenvalue weighted by molar-refractivity contribution is 0.173. The molecule has 0 fully saturated rings. The van der Waals surface area contributed by atoms with Gasteiger partial charge in [0.15, 0.2) is 11.5 Å². The van der Waals surface area contributed by atoms with Crippen molar-refractivity contribution in [3.63, 3.8) is 0 Å². The second-order valence-corrected chi connectivity index (χ2v) is 4.27. The molecule has 1 aliphatic heterocycles. The number of para-hydroxylation sites is 1. The molecule has 0 spiro atoms. The summed E-state index contributed by atoms with van der Waals surface area (Å²) < 4.78 is 23.7. The van der Waals surface area contributed by atoms with Gasteiger partial charge in [0, 0.05) is 24.8 Å². The van der Waals surface area contributed by atoms with Crippen LogP contribution in [-0.4, -0.2) is 11.8 Å². The minimum absolute atomic E-state index is 0.264. The van der Waals surface area contributed by atoms with Crippen LogP contribution in [0.4, 0.5) is 4.39 Å². The topological polar surface area (TPSA) is 43.4 Å². The third kappa shape index (κ3) is 2.66. The highest BCUT2D eigenvalue weighted by atomic mass is 19.1. The Hall–Kier alpha value is -2.14. The predicted molar refractivity (Wildman–Crippen MR) is 67.3 cm³/mol. The molecule has 4 nitrogen and oxygen atoms in total. The van der Waals surface area contributed by atoms with E-state index in [2.05, 4.69) is 10.3 Å². The van der Waals surface area contributed by atoms with E-state index in [-0.39, 0.29) is 12.6 Å². The van der Waals surface area contributed by atoms with Gasteiger partial charge in [0.05, 0.1) is 6.20 Å². The first kappa shape index (κ1) is 11.9. The van der Waals surface area contributed by atoms with Gasteiger partial charge in [-0.2, -0.15) is 0 Å². The molecule has 1 N–H and O–H groups in total. The fourth-order valence-electron chi connectivity index (χ4n) is 2.02. The van der Waals surface area contributed by atoms with Gasteiger partial charge in [0.25, 0.3) is 0 Å². The summed E-state index contributed by atoms with van der Waals surface area (Å²) in [5, 5.41) is 3.23. The zero-order valence-electron chi connectivity index (χ0n) is 10.2. The zero-order chi connectivity index (χ0) is 13.1. The van der Waals surface area contributed by atoms with Crippen molar-refractivity contribution in [1.29, 1.82) is 0 Å². The minimum atomic E-state index is -0.323. The lowest BCUT2D eigenvalue weighted by atomic mass is 10.2.